The molecule has 3 rings (SSSR count). The largest absolute Gasteiger partial charge is 0.456 e. The van der Waals surface area contributed by atoms with Crippen molar-refractivity contribution >= 4 is 5.97 Å². The molecule has 0 unspecified atom stereocenters. The number of benzene rings is 2. The Bertz CT molecular complexity index is 831. The molecule has 2 aromatic carbocycles. The van der Waals surface area contributed by atoms with Crippen molar-refractivity contribution in [3.63, 3.8) is 0 Å². The molecule has 0 spiro atoms. The van der Waals surface area contributed by atoms with Gasteiger partial charge in [0.15, 0.2) is 12.4 Å². The van der Waals surface area contributed by atoms with Crippen molar-refractivity contribution in [2.75, 3.05) is 6.61 Å². The molecule has 0 bridgehead atoms. The summed E-state index contributed by atoms with van der Waals surface area (Å²) in [5.41, 5.74) is 1.75. The quantitative estimate of drug-likeness (QED) is 0.449. The lowest BCUT2D eigenvalue weighted by Gasteiger charge is -2.04. The van der Waals surface area contributed by atoms with E-state index in [-0.39, 0.29) is 37.3 Å². The van der Waals surface area contributed by atoms with E-state index in [4.69, 9.17) is 13.9 Å². The van der Waals surface area contributed by atoms with Crippen LogP contribution in [0.15, 0.2) is 65.2 Å². The first-order valence-corrected chi connectivity index (χ1v) is 8.18. The average Bonchev–Trinajstić information content (AvgIpc) is 3.14. The number of aromatic nitrogens is 1. The molecular formula is C20H18FNO4. The van der Waals surface area contributed by atoms with E-state index in [9.17, 15) is 9.18 Å². The Morgan fingerprint density at radius 1 is 1.04 bits per heavy atom. The van der Waals surface area contributed by atoms with Gasteiger partial charge in [0.1, 0.15) is 5.82 Å². The van der Waals surface area contributed by atoms with Crippen molar-refractivity contribution in [3.05, 3.63) is 78.1 Å². The number of esters is 1. The van der Waals surface area contributed by atoms with Gasteiger partial charge in [-0.25, -0.2) is 9.37 Å². The number of oxazole rings is 1. The minimum Gasteiger partial charge on any atom is -0.456 e. The van der Waals surface area contributed by atoms with Crippen LogP contribution in [0.4, 0.5) is 4.39 Å². The first-order chi connectivity index (χ1) is 12.7. The van der Waals surface area contributed by atoms with E-state index in [1.807, 2.05) is 30.3 Å². The van der Waals surface area contributed by atoms with Gasteiger partial charge in [-0.15, -0.1) is 0 Å². The highest BCUT2D eigenvalue weighted by Crippen LogP contribution is 2.20. The van der Waals surface area contributed by atoms with Gasteiger partial charge in [0.25, 0.3) is 0 Å². The summed E-state index contributed by atoms with van der Waals surface area (Å²) in [4.78, 5) is 15.8. The van der Waals surface area contributed by atoms with Crippen LogP contribution >= 0.6 is 0 Å². The fraction of sp³-hybridized carbons (Fsp3) is 0.200. The van der Waals surface area contributed by atoms with Crippen LogP contribution in [-0.2, 0) is 27.5 Å². The summed E-state index contributed by atoms with van der Waals surface area (Å²) in [5, 5.41) is 0. The zero-order valence-electron chi connectivity index (χ0n) is 14.1. The molecule has 26 heavy (non-hydrogen) atoms. The van der Waals surface area contributed by atoms with Crippen LogP contribution in [0.2, 0.25) is 0 Å². The number of hydrogen-bond donors (Lipinski definition) is 0. The molecule has 0 aliphatic heterocycles. The third kappa shape index (κ3) is 5.26. The van der Waals surface area contributed by atoms with E-state index in [1.54, 1.807) is 12.1 Å². The predicted octanol–water partition coefficient (Wildman–Crippen LogP) is 4.13. The molecule has 134 valence electrons. The molecule has 0 aliphatic rings. The fourth-order valence-corrected chi connectivity index (χ4v) is 2.26. The molecular weight excluding hydrogens is 337 g/mol. The van der Waals surface area contributed by atoms with Gasteiger partial charge >= 0.3 is 5.97 Å². The molecule has 1 heterocycles. The van der Waals surface area contributed by atoms with Gasteiger partial charge in [0, 0.05) is 5.56 Å². The molecule has 0 radical (unpaired) electrons. The van der Waals surface area contributed by atoms with Gasteiger partial charge in [0.05, 0.1) is 25.8 Å². The second-order valence-corrected chi connectivity index (χ2v) is 5.57. The van der Waals surface area contributed by atoms with E-state index >= 15 is 0 Å². The highest BCUT2D eigenvalue weighted by Gasteiger charge is 2.09. The minimum atomic E-state index is -0.389. The Morgan fingerprint density at radius 3 is 2.58 bits per heavy atom. The first kappa shape index (κ1) is 17.8. The summed E-state index contributed by atoms with van der Waals surface area (Å²) in [6.45, 7) is 0.674. The predicted molar refractivity (Wildman–Crippen MR) is 92.4 cm³/mol. The molecule has 0 N–H and O–H groups in total. The highest BCUT2D eigenvalue weighted by molar-refractivity contribution is 5.69. The second-order valence-electron chi connectivity index (χ2n) is 5.57. The van der Waals surface area contributed by atoms with Crippen LogP contribution in [0, 0.1) is 5.82 Å². The Labute approximate surface area is 150 Å². The second kappa shape index (κ2) is 8.92. The van der Waals surface area contributed by atoms with Gasteiger partial charge in [0.2, 0.25) is 5.89 Å². The number of ether oxygens (including phenoxy) is 2. The number of carbonyl (C=O) groups excluding carboxylic acids is 1. The van der Waals surface area contributed by atoms with Crippen LogP contribution in [-0.4, -0.2) is 17.6 Å². The summed E-state index contributed by atoms with van der Waals surface area (Å²) in [6.07, 6.45) is 1.66. The molecule has 3 aromatic rings. The number of rotatable bonds is 8. The van der Waals surface area contributed by atoms with E-state index in [0.717, 1.165) is 5.56 Å². The van der Waals surface area contributed by atoms with Crippen LogP contribution in [0.25, 0.3) is 11.3 Å². The summed E-state index contributed by atoms with van der Waals surface area (Å²) in [7, 11) is 0. The van der Waals surface area contributed by atoms with Crippen LogP contribution in [0.3, 0.4) is 0 Å². The molecule has 0 fully saturated rings. The van der Waals surface area contributed by atoms with Gasteiger partial charge in [-0.05, 0) is 29.8 Å². The van der Waals surface area contributed by atoms with Crippen molar-refractivity contribution in [1.29, 1.82) is 0 Å². The molecule has 5 nitrogen and oxygen atoms in total. The van der Waals surface area contributed by atoms with Crippen LogP contribution in [0.5, 0.6) is 0 Å². The van der Waals surface area contributed by atoms with Crippen LogP contribution in [0.1, 0.15) is 17.9 Å². The van der Waals surface area contributed by atoms with E-state index < -0.39 is 0 Å². The third-order valence-electron chi connectivity index (χ3n) is 3.60. The van der Waals surface area contributed by atoms with Crippen molar-refractivity contribution < 1.29 is 23.1 Å². The normalized spacial score (nSPS) is 10.7. The number of nitrogens with zero attached hydrogens (tertiary/aromatic N) is 1. The fourth-order valence-electron chi connectivity index (χ4n) is 2.26. The Kier molecular flexibility index (Phi) is 6.11. The maximum Gasteiger partial charge on any atom is 0.308 e. The molecule has 0 saturated carbocycles. The number of carbonyl (C=O) groups is 1. The van der Waals surface area contributed by atoms with E-state index in [2.05, 4.69) is 4.98 Å². The minimum absolute atomic E-state index is 0.0568. The zero-order valence-corrected chi connectivity index (χ0v) is 14.1. The molecule has 6 heteroatoms. The highest BCUT2D eigenvalue weighted by atomic mass is 19.1. The molecule has 1 aromatic heterocycles. The Morgan fingerprint density at radius 2 is 1.81 bits per heavy atom. The summed E-state index contributed by atoms with van der Waals surface area (Å²) in [5.74, 6) is 0.0571. The summed E-state index contributed by atoms with van der Waals surface area (Å²) < 4.78 is 29.0. The van der Waals surface area contributed by atoms with E-state index in [0.29, 0.717) is 17.9 Å². The smallest absolute Gasteiger partial charge is 0.308 e. The molecule has 0 atom stereocenters. The lowest BCUT2D eigenvalue weighted by atomic mass is 10.2. The molecule has 0 saturated heterocycles. The van der Waals surface area contributed by atoms with Gasteiger partial charge < -0.3 is 13.9 Å². The topological polar surface area (TPSA) is 61.6 Å². The van der Waals surface area contributed by atoms with Gasteiger partial charge in [-0.3, -0.25) is 4.79 Å². The maximum absolute atomic E-state index is 12.9. The Balaban J connectivity index is 1.38. The standard InChI is InChI=1S/C20H18FNO4/c21-17-8-6-16(7-9-17)18-12-22-19(26-18)14-25-20(23)10-11-24-13-15-4-2-1-3-5-15/h1-9,12H,10-11,13-14H2. The monoisotopic (exact) mass is 355 g/mol. The van der Waals surface area contributed by atoms with E-state index in [1.165, 1.54) is 18.3 Å². The summed E-state index contributed by atoms with van der Waals surface area (Å²) in [6, 6.07) is 15.6. The lowest BCUT2D eigenvalue weighted by Crippen LogP contribution is -2.08. The van der Waals surface area contributed by atoms with Crippen molar-refractivity contribution in [3.8, 4) is 11.3 Å². The van der Waals surface area contributed by atoms with Gasteiger partial charge in [-0.2, -0.15) is 0 Å². The van der Waals surface area contributed by atoms with Gasteiger partial charge in [-0.1, -0.05) is 30.3 Å². The molecule has 0 aliphatic carbocycles. The van der Waals surface area contributed by atoms with Crippen molar-refractivity contribution in [1.82, 2.24) is 4.98 Å². The molecule has 0 amide bonds. The number of halogens is 1. The Hall–Kier alpha value is -2.99. The SMILES string of the molecule is O=C(CCOCc1ccccc1)OCc1ncc(-c2ccc(F)cc2)o1. The average molecular weight is 355 g/mol. The van der Waals surface area contributed by atoms with Crippen molar-refractivity contribution in [2.45, 2.75) is 19.6 Å². The lowest BCUT2D eigenvalue weighted by molar-refractivity contribution is -0.147. The number of hydrogen-bond acceptors (Lipinski definition) is 5. The van der Waals surface area contributed by atoms with Crippen LogP contribution < -0.4 is 0 Å². The zero-order chi connectivity index (χ0) is 18.2. The van der Waals surface area contributed by atoms with Crippen molar-refractivity contribution in [2.24, 2.45) is 0 Å². The third-order valence-corrected chi connectivity index (χ3v) is 3.60. The first-order valence-electron chi connectivity index (χ1n) is 8.18. The summed E-state index contributed by atoms with van der Waals surface area (Å²) >= 11 is 0. The maximum atomic E-state index is 12.9.